The van der Waals surface area contributed by atoms with Crippen LogP contribution >= 0.6 is 11.8 Å². The van der Waals surface area contributed by atoms with Crippen molar-refractivity contribution in [2.24, 2.45) is 10.9 Å². The van der Waals surface area contributed by atoms with Crippen molar-refractivity contribution in [2.75, 3.05) is 46.2 Å². The van der Waals surface area contributed by atoms with Crippen molar-refractivity contribution >= 4 is 17.7 Å². The molecule has 1 saturated carbocycles. The molecular formula is C15H32N4S. The minimum absolute atomic E-state index is 0.606. The van der Waals surface area contributed by atoms with Crippen molar-refractivity contribution < 1.29 is 0 Å². The topological polar surface area (TPSA) is 39.7 Å². The summed E-state index contributed by atoms with van der Waals surface area (Å²) >= 11 is 1.85. The van der Waals surface area contributed by atoms with Gasteiger partial charge in [-0.3, -0.25) is 4.99 Å². The third-order valence-electron chi connectivity index (χ3n) is 4.16. The maximum Gasteiger partial charge on any atom is 0.191 e. The van der Waals surface area contributed by atoms with Gasteiger partial charge in [-0.05, 0) is 39.1 Å². The highest BCUT2D eigenvalue weighted by Crippen LogP contribution is 2.27. The molecular weight excluding hydrogens is 268 g/mol. The number of aliphatic imine (C=N–C) groups is 1. The first-order chi connectivity index (χ1) is 9.69. The summed E-state index contributed by atoms with van der Waals surface area (Å²) in [5, 5.41) is 6.86. The van der Waals surface area contributed by atoms with Crippen LogP contribution in [0.15, 0.2) is 4.99 Å². The van der Waals surface area contributed by atoms with Crippen LogP contribution in [0.2, 0.25) is 0 Å². The van der Waals surface area contributed by atoms with Crippen LogP contribution in [0.4, 0.5) is 0 Å². The summed E-state index contributed by atoms with van der Waals surface area (Å²) in [6.45, 7) is 1.95. The van der Waals surface area contributed by atoms with E-state index in [2.05, 4.69) is 40.9 Å². The normalized spacial score (nSPS) is 19.1. The molecule has 1 aliphatic rings. The van der Waals surface area contributed by atoms with Crippen molar-refractivity contribution in [3.05, 3.63) is 0 Å². The van der Waals surface area contributed by atoms with Crippen LogP contribution in [0.5, 0.6) is 0 Å². The number of likely N-dealkylation sites (N-methyl/N-ethyl adjacent to an activating group) is 1. The molecule has 118 valence electrons. The fourth-order valence-corrected chi connectivity index (χ4v) is 3.29. The van der Waals surface area contributed by atoms with E-state index in [1.807, 2.05) is 18.8 Å². The zero-order valence-electron chi connectivity index (χ0n) is 13.6. The SMILES string of the molecule is CN=C(NCCSC)NCC(C1CCCCC1)N(C)C. The van der Waals surface area contributed by atoms with Gasteiger partial charge in [-0.1, -0.05) is 19.3 Å². The zero-order chi connectivity index (χ0) is 14.8. The Labute approximate surface area is 129 Å². The molecule has 4 nitrogen and oxygen atoms in total. The van der Waals surface area contributed by atoms with Gasteiger partial charge < -0.3 is 15.5 Å². The largest absolute Gasteiger partial charge is 0.356 e. The second-order valence-electron chi connectivity index (χ2n) is 5.80. The van der Waals surface area contributed by atoms with E-state index in [1.165, 1.54) is 32.1 Å². The van der Waals surface area contributed by atoms with Crippen LogP contribution in [0.1, 0.15) is 32.1 Å². The molecule has 0 spiro atoms. The first-order valence-corrected chi connectivity index (χ1v) is 9.18. The third-order valence-corrected chi connectivity index (χ3v) is 4.77. The molecule has 1 rings (SSSR count). The van der Waals surface area contributed by atoms with Crippen molar-refractivity contribution in [3.8, 4) is 0 Å². The molecule has 0 saturated heterocycles. The maximum absolute atomic E-state index is 4.30. The number of nitrogens with one attached hydrogen (secondary N) is 2. The average molecular weight is 301 g/mol. The Morgan fingerprint density at radius 3 is 2.50 bits per heavy atom. The van der Waals surface area contributed by atoms with E-state index < -0.39 is 0 Å². The Morgan fingerprint density at radius 2 is 1.95 bits per heavy atom. The Balaban J connectivity index is 2.40. The summed E-state index contributed by atoms with van der Waals surface area (Å²) in [5.41, 5.74) is 0. The van der Waals surface area contributed by atoms with E-state index in [1.54, 1.807) is 0 Å². The first kappa shape index (κ1) is 17.6. The number of thioether (sulfide) groups is 1. The van der Waals surface area contributed by atoms with Crippen LogP contribution in [0.3, 0.4) is 0 Å². The summed E-state index contributed by atoms with van der Waals surface area (Å²) in [4.78, 5) is 6.68. The fourth-order valence-electron chi connectivity index (χ4n) is 2.98. The summed E-state index contributed by atoms with van der Waals surface area (Å²) in [6.07, 6.45) is 9.10. The maximum atomic E-state index is 4.30. The van der Waals surface area contributed by atoms with Gasteiger partial charge >= 0.3 is 0 Å². The van der Waals surface area contributed by atoms with Gasteiger partial charge in [0.2, 0.25) is 0 Å². The number of hydrogen-bond donors (Lipinski definition) is 2. The van der Waals surface area contributed by atoms with Crippen molar-refractivity contribution in [3.63, 3.8) is 0 Å². The van der Waals surface area contributed by atoms with Gasteiger partial charge in [0.1, 0.15) is 0 Å². The van der Waals surface area contributed by atoms with Gasteiger partial charge in [-0.15, -0.1) is 0 Å². The lowest BCUT2D eigenvalue weighted by Crippen LogP contribution is -2.48. The lowest BCUT2D eigenvalue weighted by Gasteiger charge is -2.35. The summed E-state index contributed by atoms with van der Waals surface area (Å²) in [5.74, 6) is 2.87. The molecule has 0 heterocycles. The predicted molar refractivity (Wildman–Crippen MR) is 91.8 cm³/mol. The molecule has 0 aromatic carbocycles. The van der Waals surface area contributed by atoms with Crippen molar-refractivity contribution in [1.82, 2.24) is 15.5 Å². The zero-order valence-corrected chi connectivity index (χ0v) is 14.4. The molecule has 20 heavy (non-hydrogen) atoms. The quantitative estimate of drug-likeness (QED) is 0.429. The Morgan fingerprint density at radius 1 is 1.25 bits per heavy atom. The lowest BCUT2D eigenvalue weighted by atomic mass is 9.83. The average Bonchev–Trinajstić information content (AvgIpc) is 2.46. The van der Waals surface area contributed by atoms with E-state index >= 15 is 0 Å². The van der Waals surface area contributed by atoms with Crippen LogP contribution in [0.25, 0.3) is 0 Å². The molecule has 1 fully saturated rings. The second kappa shape index (κ2) is 10.3. The Hall–Kier alpha value is -0.420. The smallest absolute Gasteiger partial charge is 0.191 e. The number of nitrogens with zero attached hydrogens (tertiary/aromatic N) is 2. The molecule has 0 bridgehead atoms. The van der Waals surface area contributed by atoms with Crippen LogP contribution in [0, 0.1) is 5.92 Å². The number of hydrogen-bond acceptors (Lipinski definition) is 3. The van der Waals surface area contributed by atoms with E-state index in [4.69, 9.17) is 0 Å². The molecule has 0 amide bonds. The van der Waals surface area contributed by atoms with Gasteiger partial charge in [-0.2, -0.15) is 11.8 Å². The van der Waals surface area contributed by atoms with Crippen LogP contribution in [-0.2, 0) is 0 Å². The first-order valence-electron chi connectivity index (χ1n) is 7.79. The van der Waals surface area contributed by atoms with E-state index in [9.17, 15) is 0 Å². The molecule has 1 unspecified atom stereocenters. The standard InChI is InChI=1S/C15H32N4S/c1-16-15(17-10-11-20-4)18-12-14(19(2)3)13-8-6-5-7-9-13/h13-14H,5-12H2,1-4H3,(H2,16,17,18). The molecule has 0 aromatic heterocycles. The van der Waals surface area contributed by atoms with Gasteiger partial charge in [0.05, 0.1) is 0 Å². The van der Waals surface area contributed by atoms with Gasteiger partial charge in [0.15, 0.2) is 5.96 Å². The lowest BCUT2D eigenvalue weighted by molar-refractivity contribution is 0.171. The Kier molecular flexibility index (Phi) is 9.10. The molecule has 5 heteroatoms. The Bertz CT molecular complexity index is 275. The summed E-state index contributed by atoms with van der Waals surface area (Å²) in [6, 6.07) is 0.606. The number of guanidine groups is 1. The second-order valence-corrected chi connectivity index (χ2v) is 6.79. The molecule has 0 radical (unpaired) electrons. The highest BCUT2D eigenvalue weighted by atomic mass is 32.2. The highest BCUT2D eigenvalue weighted by molar-refractivity contribution is 7.98. The molecule has 1 aliphatic carbocycles. The third kappa shape index (κ3) is 6.35. The summed E-state index contributed by atoms with van der Waals surface area (Å²) < 4.78 is 0. The minimum Gasteiger partial charge on any atom is -0.356 e. The monoisotopic (exact) mass is 300 g/mol. The fraction of sp³-hybridized carbons (Fsp3) is 0.933. The number of rotatable bonds is 7. The van der Waals surface area contributed by atoms with E-state index in [-0.39, 0.29) is 0 Å². The summed E-state index contributed by atoms with van der Waals surface area (Å²) in [7, 11) is 6.25. The van der Waals surface area contributed by atoms with Crippen LogP contribution in [-0.4, -0.2) is 63.1 Å². The molecule has 2 N–H and O–H groups in total. The van der Waals surface area contributed by atoms with Crippen molar-refractivity contribution in [2.45, 2.75) is 38.1 Å². The van der Waals surface area contributed by atoms with Crippen molar-refractivity contribution in [1.29, 1.82) is 0 Å². The molecule has 0 aliphatic heterocycles. The van der Waals surface area contributed by atoms with E-state index in [0.717, 1.165) is 30.7 Å². The molecule has 1 atom stereocenters. The predicted octanol–water partition coefficient (Wildman–Crippen LogP) is 2.02. The minimum atomic E-state index is 0.606. The molecule has 0 aromatic rings. The van der Waals surface area contributed by atoms with Gasteiger partial charge in [0.25, 0.3) is 0 Å². The van der Waals surface area contributed by atoms with Gasteiger partial charge in [-0.25, -0.2) is 0 Å². The van der Waals surface area contributed by atoms with Crippen LogP contribution < -0.4 is 10.6 Å². The van der Waals surface area contributed by atoms with Gasteiger partial charge in [0, 0.05) is 31.9 Å². The highest BCUT2D eigenvalue weighted by Gasteiger charge is 2.25. The van der Waals surface area contributed by atoms with E-state index in [0.29, 0.717) is 6.04 Å².